The first kappa shape index (κ1) is 25.3. The van der Waals surface area contributed by atoms with E-state index in [4.69, 9.17) is 15.1 Å². The normalized spacial score (nSPS) is 14.1. The smallest absolute Gasteiger partial charge is 0.224 e. The first-order valence-corrected chi connectivity index (χ1v) is 12.6. The summed E-state index contributed by atoms with van der Waals surface area (Å²) in [6, 6.07) is 15.8. The number of aromatic nitrogens is 3. The number of rotatable bonds is 8. The maximum Gasteiger partial charge on any atom is 0.224 e. The van der Waals surface area contributed by atoms with Gasteiger partial charge in [0.25, 0.3) is 0 Å². The molecule has 1 aliphatic heterocycles. The number of carbonyl (C=O) groups excluding carboxylic acids is 1. The van der Waals surface area contributed by atoms with E-state index < -0.39 is 0 Å². The zero-order chi connectivity index (χ0) is 25.9. The summed E-state index contributed by atoms with van der Waals surface area (Å²) < 4.78 is 0. The molecule has 0 saturated carbocycles. The Morgan fingerprint density at radius 1 is 1.00 bits per heavy atom. The van der Waals surface area contributed by atoms with Crippen molar-refractivity contribution >= 4 is 34.4 Å². The van der Waals surface area contributed by atoms with Gasteiger partial charge < -0.3 is 10.2 Å². The summed E-state index contributed by atoms with van der Waals surface area (Å²) in [4.78, 5) is 25.5. The number of hydrogen-bond donors (Lipinski definition) is 1. The van der Waals surface area contributed by atoms with E-state index in [1.54, 1.807) is 4.79 Å². The van der Waals surface area contributed by atoms with Gasteiger partial charge in [0.2, 0.25) is 11.7 Å². The van der Waals surface area contributed by atoms with Gasteiger partial charge in [-0.25, -0.2) is 9.98 Å². The Hall–Kier alpha value is -3.81. The molecule has 0 fully saturated rings. The fourth-order valence-corrected chi connectivity index (χ4v) is 4.11. The van der Waals surface area contributed by atoms with Crippen molar-refractivity contribution in [1.82, 2.24) is 14.9 Å². The largest absolute Gasteiger partial charge is 0.372 e. The van der Waals surface area contributed by atoms with Crippen LogP contribution in [0.2, 0.25) is 0 Å². The highest BCUT2D eigenvalue weighted by Gasteiger charge is 2.34. The first-order chi connectivity index (χ1) is 17.2. The van der Waals surface area contributed by atoms with Crippen LogP contribution < -0.4 is 10.2 Å². The van der Waals surface area contributed by atoms with Gasteiger partial charge in [0, 0.05) is 41.9 Å². The molecule has 8 nitrogen and oxygen atoms in total. The molecule has 0 radical (unpaired) electrons. The highest BCUT2D eigenvalue weighted by molar-refractivity contribution is 6.50. The average molecular weight is 486 g/mol. The summed E-state index contributed by atoms with van der Waals surface area (Å²) in [6.45, 7) is 14.6. The monoisotopic (exact) mass is 485 g/mol. The van der Waals surface area contributed by atoms with Crippen LogP contribution in [0.3, 0.4) is 0 Å². The number of hydrogen-bond acceptors (Lipinski definition) is 6. The van der Waals surface area contributed by atoms with E-state index in [9.17, 15) is 4.79 Å². The van der Waals surface area contributed by atoms with E-state index in [0.29, 0.717) is 18.1 Å². The molecule has 0 atom stereocenters. The zero-order valence-corrected chi connectivity index (χ0v) is 22.0. The van der Waals surface area contributed by atoms with Crippen LogP contribution in [0.4, 0.5) is 17.1 Å². The van der Waals surface area contributed by atoms with Crippen molar-refractivity contribution in [2.45, 2.75) is 54.4 Å². The lowest BCUT2D eigenvalue weighted by atomic mass is 9.87. The van der Waals surface area contributed by atoms with Crippen LogP contribution in [0.1, 0.15) is 60.2 Å². The molecule has 4 rings (SSSR count). The summed E-state index contributed by atoms with van der Waals surface area (Å²) in [7, 11) is 0. The minimum Gasteiger partial charge on any atom is -0.372 e. The molecular formula is C28H35N7O. The van der Waals surface area contributed by atoms with Crippen molar-refractivity contribution in [2.75, 3.05) is 23.3 Å². The fourth-order valence-electron chi connectivity index (χ4n) is 4.11. The van der Waals surface area contributed by atoms with Gasteiger partial charge in [-0.2, -0.15) is 5.10 Å². The summed E-state index contributed by atoms with van der Waals surface area (Å²) >= 11 is 0. The third-order valence-corrected chi connectivity index (χ3v) is 6.06. The van der Waals surface area contributed by atoms with E-state index in [1.165, 1.54) is 5.69 Å². The van der Waals surface area contributed by atoms with Crippen molar-refractivity contribution < 1.29 is 4.79 Å². The lowest BCUT2D eigenvalue weighted by molar-refractivity contribution is -0.116. The lowest BCUT2D eigenvalue weighted by Crippen LogP contribution is -2.27. The maximum absolute atomic E-state index is 11.9. The Morgan fingerprint density at radius 2 is 1.67 bits per heavy atom. The molecule has 8 heteroatoms. The van der Waals surface area contributed by atoms with E-state index in [1.807, 2.05) is 43.3 Å². The first-order valence-electron chi connectivity index (χ1n) is 12.6. The van der Waals surface area contributed by atoms with E-state index in [2.05, 4.69) is 62.1 Å². The number of amides is 1. The molecule has 1 aliphatic rings. The summed E-state index contributed by atoms with van der Waals surface area (Å²) in [6.07, 6.45) is 1.32. The number of aliphatic imine (C=N–C) groups is 1. The van der Waals surface area contributed by atoms with Crippen molar-refractivity contribution in [3.8, 4) is 11.4 Å². The standard InChI is InChI=1S/C28H35N7O/c1-7-10-23(36)29-20-13-11-19(12-14-20)26-31-27-24(25(28(4,5)6)32-35(27)33-26)30-21-15-17-22(18-16-21)34(8-2)9-3/h11-18H,7-10H2,1-6H3,(H,29,36)/b30-24-. The Labute approximate surface area is 213 Å². The number of carbonyl (C=O) groups is 1. The van der Waals surface area contributed by atoms with Crippen LogP contribution in [0.15, 0.2) is 58.6 Å². The highest BCUT2D eigenvalue weighted by atomic mass is 16.1. The fraction of sp³-hybridized carbons (Fsp3) is 0.393. The second-order valence-electron chi connectivity index (χ2n) is 9.87. The summed E-state index contributed by atoms with van der Waals surface area (Å²) in [5.41, 5.74) is 5.00. The van der Waals surface area contributed by atoms with Gasteiger partial charge in [-0.05, 0) is 68.8 Å². The molecule has 2 aromatic carbocycles. The quantitative estimate of drug-likeness (QED) is 0.429. The van der Waals surface area contributed by atoms with Crippen LogP contribution in [0.5, 0.6) is 0 Å². The van der Waals surface area contributed by atoms with Crippen LogP contribution in [-0.2, 0) is 4.79 Å². The molecule has 1 N–H and O–H groups in total. The molecule has 0 unspecified atom stereocenters. The molecule has 3 aromatic rings. The van der Waals surface area contributed by atoms with Crippen molar-refractivity contribution in [3.63, 3.8) is 0 Å². The molecule has 1 aromatic heterocycles. The van der Waals surface area contributed by atoms with Crippen molar-refractivity contribution in [3.05, 3.63) is 54.4 Å². The van der Waals surface area contributed by atoms with E-state index in [0.717, 1.165) is 47.9 Å². The van der Waals surface area contributed by atoms with Crippen LogP contribution in [0, 0.1) is 5.41 Å². The Morgan fingerprint density at radius 3 is 2.25 bits per heavy atom. The van der Waals surface area contributed by atoms with Crippen molar-refractivity contribution in [2.24, 2.45) is 15.5 Å². The third-order valence-electron chi connectivity index (χ3n) is 6.06. The number of anilines is 2. The van der Waals surface area contributed by atoms with Gasteiger partial charge in [-0.15, -0.1) is 9.89 Å². The van der Waals surface area contributed by atoms with Gasteiger partial charge >= 0.3 is 0 Å². The lowest BCUT2D eigenvalue weighted by Gasteiger charge is -2.21. The molecule has 0 spiro atoms. The number of nitrogens with zero attached hydrogens (tertiary/aromatic N) is 6. The van der Waals surface area contributed by atoms with Crippen LogP contribution in [-0.4, -0.2) is 45.3 Å². The molecule has 2 heterocycles. The Balaban J connectivity index is 1.65. The molecule has 0 bridgehead atoms. The topological polar surface area (TPSA) is 87.8 Å². The van der Waals surface area contributed by atoms with Gasteiger partial charge in [-0.3, -0.25) is 4.79 Å². The molecule has 188 valence electrons. The summed E-state index contributed by atoms with van der Waals surface area (Å²) in [5, 5.41) is 12.3. The third kappa shape index (κ3) is 5.37. The SMILES string of the molecule is CCCC(=O)Nc1ccc(-c2nc3n(n2)N=C(C(C)(C)C)/C3=N/c2ccc(N(CC)CC)cc2)cc1. The van der Waals surface area contributed by atoms with E-state index in [-0.39, 0.29) is 11.3 Å². The highest BCUT2D eigenvalue weighted by Crippen LogP contribution is 2.29. The predicted molar refractivity (Wildman–Crippen MR) is 147 cm³/mol. The maximum atomic E-state index is 11.9. The summed E-state index contributed by atoms with van der Waals surface area (Å²) in [5.74, 6) is 1.21. The van der Waals surface area contributed by atoms with Gasteiger partial charge in [0.15, 0.2) is 5.82 Å². The number of nitrogens with one attached hydrogen (secondary N) is 1. The molecular weight excluding hydrogens is 450 g/mol. The van der Waals surface area contributed by atoms with Gasteiger partial charge in [-0.1, -0.05) is 27.7 Å². The molecule has 0 saturated heterocycles. The van der Waals surface area contributed by atoms with Crippen LogP contribution in [0.25, 0.3) is 11.4 Å². The molecule has 36 heavy (non-hydrogen) atoms. The van der Waals surface area contributed by atoms with E-state index >= 15 is 0 Å². The van der Waals surface area contributed by atoms with Gasteiger partial charge in [0.1, 0.15) is 5.71 Å². The Bertz CT molecular complexity index is 1270. The van der Waals surface area contributed by atoms with Crippen molar-refractivity contribution in [1.29, 1.82) is 0 Å². The molecule has 0 aliphatic carbocycles. The van der Waals surface area contributed by atoms with Gasteiger partial charge in [0.05, 0.1) is 11.4 Å². The minimum absolute atomic E-state index is 0.0133. The Kier molecular flexibility index (Phi) is 7.33. The predicted octanol–water partition coefficient (Wildman–Crippen LogP) is 5.91. The minimum atomic E-state index is -0.221. The number of fused-ring (bicyclic) bond motifs is 1. The molecule has 1 amide bonds. The average Bonchev–Trinajstić information content (AvgIpc) is 3.41. The second-order valence-corrected chi connectivity index (χ2v) is 9.87. The number of benzene rings is 2. The second kappa shape index (κ2) is 10.4. The van der Waals surface area contributed by atoms with Crippen LogP contribution >= 0.6 is 0 Å². The zero-order valence-electron chi connectivity index (χ0n) is 22.0.